The Morgan fingerprint density at radius 3 is 2.48 bits per heavy atom. The Labute approximate surface area is 260 Å². The number of aliphatic imine (C=N–C) groups is 1. The minimum Gasteiger partial charge on any atom is -0.490 e. The van der Waals surface area contributed by atoms with E-state index in [1.165, 1.54) is 16.7 Å². The Balaban J connectivity index is 1.55. The number of rotatable bonds is 9. The predicted molar refractivity (Wildman–Crippen MR) is 169 cm³/mol. The first-order chi connectivity index (χ1) is 19.2. The third-order valence-electron chi connectivity index (χ3n) is 5.62. The minimum absolute atomic E-state index is 0.169. The largest absolute Gasteiger partial charge is 0.490 e. The van der Waals surface area contributed by atoms with Crippen molar-refractivity contribution >= 4 is 86.4 Å². The molecule has 0 aromatic heterocycles. The van der Waals surface area contributed by atoms with Crippen LogP contribution in [0.4, 0.5) is 5.69 Å². The molecule has 0 radical (unpaired) electrons. The monoisotopic (exact) mass is 710 g/mol. The molecule has 1 heterocycles. The fourth-order valence-electron chi connectivity index (χ4n) is 3.66. The van der Waals surface area contributed by atoms with Crippen molar-refractivity contribution in [3.8, 4) is 11.5 Å². The van der Waals surface area contributed by atoms with Crippen LogP contribution < -0.4 is 9.47 Å². The first-order valence-electron chi connectivity index (χ1n) is 12.3. The van der Waals surface area contributed by atoms with Crippen LogP contribution in [-0.4, -0.2) is 42.2 Å². The number of esters is 1. The number of carbonyl (C=O) groups excluding carboxylic acids is 2. The van der Waals surface area contributed by atoms with E-state index in [1.54, 1.807) is 56.4 Å². The van der Waals surface area contributed by atoms with Crippen LogP contribution in [0.15, 0.2) is 64.5 Å². The van der Waals surface area contributed by atoms with Gasteiger partial charge in [0.1, 0.15) is 6.61 Å². The molecule has 1 amide bonds. The van der Waals surface area contributed by atoms with E-state index < -0.39 is 0 Å². The standard InChI is InChI=1S/C29H25Cl2IN2O5S/c1-4-37-24-13-17(12-23(32)26(24)39-16-19-6-9-20(30)15-22(19)31)14-25-27(35)34(3)29(40-25)33-21-10-7-18(8-11-21)28(36)38-5-2/h6-15H,4-5,16H2,1-3H3/b25-14+,33-29?. The molecule has 208 valence electrons. The second-order valence-electron chi connectivity index (χ2n) is 8.42. The molecular weight excluding hydrogens is 686 g/mol. The molecule has 1 fully saturated rings. The van der Waals surface area contributed by atoms with Gasteiger partial charge in [-0.2, -0.15) is 0 Å². The average molecular weight is 711 g/mol. The van der Waals surface area contributed by atoms with Gasteiger partial charge in [-0.1, -0.05) is 29.3 Å². The Morgan fingerprint density at radius 2 is 1.80 bits per heavy atom. The van der Waals surface area contributed by atoms with Gasteiger partial charge in [-0.05, 0) is 108 Å². The molecule has 0 N–H and O–H groups in total. The van der Waals surface area contributed by atoms with Crippen LogP contribution in [0.5, 0.6) is 11.5 Å². The van der Waals surface area contributed by atoms with Crippen molar-refractivity contribution in [2.75, 3.05) is 20.3 Å². The number of ether oxygens (including phenoxy) is 3. The molecule has 1 saturated heterocycles. The summed E-state index contributed by atoms with van der Waals surface area (Å²) in [6.45, 7) is 4.64. The third-order valence-corrected chi connectivity index (χ3v) is 8.07. The van der Waals surface area contributed by atoms with Gasteiger partial charge in [0, 0.05) is 22.7 Å². The van der Waals surface area contributed by atoms with Gasteiger partial charge >= 0.3 is 5.97 Å². The molecule has 0 bridgehead atoms. The lowest BCUT2D eigenvalue weighted by molar-refractivity contribution is -0.121. The number of hydrogen-bond acceptors (Lipinski definition) is 7. The van der Waals surface area contributed by atoms with Gasteiger partial charge in [0.2, 0.25) is 0 Å². The van der Waals surface area contributed by atoms with E-state index in [4.69, 9.17) is 37.4 Å². The summed E-state index contributed by atoms with van der Waals surface area (Å²) in [5, 5.41) is 1.61. The van der Waals surface area contributed by atoms with E-state index in [2.05, 4.69) is 27.6 Å². The van der Waals surface area contributed by atoms with Crippen molar-refractivity contribution in [1.29, 1.82) is 0 Å². The number of amides is 1. The fraction of sp³-hybridized carbons (Fsp3) is 0.207. The third kappa shape index (κ3) is 7.31. The lowest BCUT2D eigenvalue weighted by Crippen LogP contribution is -2.23. The second-order valence-corrected chi connectivity index (χ2v) is 11.4. The minimum atomic E-state index is -0.388. The van der Waals surface area contributed by atoms with Gasteiger partial charge in [-0.25, -0.2) is 9.79 Å². The second kappa shape index (κ2) is 13.8. The quantitative estimate of drug-likeness (QED) is 0.127. The van der Waals surface area contributed by atoms with Crippen LogP contribution in [0.25, 0.3) is 6.08 Å². The zero-order valence-electron chi connectivity index (χ0n) is 21.9. The van der Waals surface area contributed by atoms with Crippen LogP contribution in [-0.2, 0) is 16.1 Å². The van der Waals surface area contributed by atoms with Crippen molar-refractivity contribution in [2.45, 2.75) is 20.5 Å². The number of likely N-dealkylation sites (N-methyl/N-ethyl adjacent to an activating group) is 1. The van der Waals surface area contributed by atoms with Gasteiger partial charge in [-0.3, -0.25) is 9.69 Å². The Bertz CT molecular complexity index is 1490. The van der Waals surface area contributed by atoms with E-state index in [-0.39, 0.29) is 18.5 Å². The average Bonchev–Trinajstić information content (AvgIpc) is 3.17. The predicted octanol–water partition coefficient (Wildman–Crippen LogP) is 7.99. The van der Waals surface area contributed by atoms with Gasteiger partial charge in [0.25, 0.3) is 5.91 Å². The normalized spacial score (nSPS) is 15.2. The first kappa shape index (κ1) is 30.2. The maximum absolute atomic E-state index is 13.0. The number of benzene rings is 3. The van der Waals surface area contributed by atoms with E-state index in [9.17, 15) is 9.59 Å². The summed E-state index contributed by atoms with van der Waals surface area (Å²) in [6.07, 6.45) is 1.81. The van der Waals surface area contributed by atoms with Crippen LogP contribution in [0.1, 0.15) is 35.3 Å². The maximum Gasteiger partial charge on any atom is 0.338 e. The Hall–Kier alpha value is -2.73. The highest BCUT2D eigenvalue weighted by Gasteiger charge is 2.30. The van der Waals surface area contributed by atoms with E-state index in [0.717, 1.165) is 14.7 Å². The lowest BCUT2D eigenvalue weighted by atomic mass is 10.1. The summed E-state index contributed by atoms with van der Waals surface area (Å²) < 4.78 is 17.8. The summed E-state index contributed by atoms with van der Waals surface area (Å²) in [7, 11) is 1.68. The summed E-state index contributed by atoms with van der Waals surface area (Å²) in [6, 6.07) is 15.8. The number of halogens is 3. The highest BCUT2D eigenvalue weighted by Crippen LogP contribution is 2.38. The molecule has 0 unspecified atom stereocenters. The molecule has 3 aromatic rings. The van der Waals surface area contributed by atoms with Crippen molar-refractivity contribution in [2.24, 2.45) is 4.99 Å². The summed E-state index contributed by atoms with van der Waals surface area (Å²) in [5.41, 5.74) is 2.65. The smallest absolute Gasteiger partial charge is 0.338 e. The van der Waals surface area contributed by atoms with Crippen molar-refractivity contribution in [3.05, 3.63) is 89.8 Å². The Kier molecular flexibility index (Phi) is 10.4. The van der Waals surface area contributed by atoms with Crippen LogP contribution in [0.2, 0.25) is 10.0 Å². The molecule has 11 heteroatoms. The molecule has 0 aliphatic carbocycles. The van der Waals surface area contributed by atoms with Gasteiger partial charge in [0.05, 0.1) is 32.9 Å². The first-order valence-corrected chi connectivity index (χ1v) is 14.9. The van der Waals surface area contributed by atoms with Gasteiger partial charge < -0.3 is 14.2 Å². The maximum atomic E-state index is 13.0. The molecule has 0 saturated carbocycles. The topological polar surface area (TPSA) is 77.4 Å². The van der Waals surface area contributed by atoms with Crippen LogP contribution in [0, 0.1) is 3.57 Å². The fourth-order valence-corrected chi connectivity index (χ4v) is 5.89. The number of nitrogens with zero attached hydrogens (tertiary/aromatic N) is 2. The molecule has 1 aliphatic heterocycles. The number of carbonyl (C=O) groups is 2. The molecular formula is C29H25Cl2IN2O5S. The summed E-state index contributed by atoms with van der Waals surface area (Å²) >= 11 is 15.8. The lowest BCUT2D eigenvalue weighted by Gasteiger charge is -2.15. The Morgan fingerprint density at radius 1 is 1.05 bits per heavy atom. The molecule has 0 spiro atoms. The zero-order chi connectivity index (χ0) is 28.8. The highest BCUT2D eigenvalue weighted by molar-refractivity contribution is 14.1. The molecule has 40 heavy (non-hydrogen) atoms. The molecule has 3 aromatic carbocycles. The summed E-state index contributed by atoms with van der Waals surface area (Å²) in [4.78, 5) is 31.5. The number of thioether (sulfide) groups is 1. The van der Waals surface area contributed by atoms with E-state index in [0.29, 0.717) is 56.1 Å². The van der Waals surface area contributed by atoms with E-state index >= 15 is 0 Å². The SMILES string of the molecule is CCOC(=O)c1ccc(N=C2S/C(=C/c3cc(I)c(OCc4ccc(Cl)cc4Cl)c(OCC)c3)C(=O)N2C)cc1. The zero-order valence-corrected chi connectivity index (χ0v) is 26.4. The van der Waals surface area contributed by atoms with Crippen molar-refractivity contribution < 1.29 is 23.8 Å². The number of hydrogen-bond donors (Lipinski definition) is 0. The van der Waals surface area contributed by atoms with Crippen molar-refractivity contribution in [1.82, 2.24) is 4.90 Å². The van der Waals surface area contributed by atoms with E-state index in [1.807, 2.05) is 25.1 Å². The molecule has 0 atom stereocenters. The molecule has 1 aliphatic rings. The molecule has 4 rings (SSSR count). The van der Waals surface area contributed by atoms with Crippen LogP contribution >= 0.6 is 57.6 Å². The molecule has 7 nitrogen and oxygen atoms in total. The highest BCUT2D eigenvalue weighted by atomic mass is 127. The van der Waals surface area contributed by atoms with Crippen molar-refractivity contribution in [3.63, 3.8) is 0 Å². The van der Waals surface area contributed by atoms with Gasteiger partial charge in [-0.15, -0.1) is 0 Å². The number of amidine groups is 1. The summed E-state index contributed by atoms with van der Waals surface area (Å²) in [5.74, 6) is 0.593. The van der Waals surface area contributed by atoms with Gasteiger partial charge in [0.15, 0.2) is 16.7 Å². The van der Waals surface area contributed by atoms with Crippen LogP contribution in [0.3, 0.4) is 0 Å².